The lowest BCUT2D eigenvalue weighted by atomic mass is 10.2. The Balaban J connectivity index is 1.39. The van der Waals surface area contributed by atoms with Crippen LogP contribution >= 0.6 is 11.6 Å². The van der Waals surface area contributed by atoms with Crippen molar-refractivity contribution in [2.24, 2.45) is 4.99 Å². The minimum atomic E-state index is -0.508. The summed E-state index contributed by atoms with van der Waals surface area (Å²) in [5.41, 5.74) is 2.00. The summed E-state index contributed by atoms with van der Waals surface area (Å²) in [6.45, 7) is 3.21. The number of aliphatic imine (C=N–C) groups is 1. The smallest absolute Gasteiger partial charge is 0.415 e. The van der Waals surface area contributed by atoms with Crippen LogP contribution in [0.5, 0.6) is 0 Å². The number of benzene rings is 2. The zero-order chi connectivity index (χ0) is 20.2. The lowest BCUT2D eigenvalue weighted by Crippen LogP contribution is -2.36. The maximum atomic E-state index is 14.6. The van der Waals surface area contributed by atoms with Gasteiger partial charge in [-0.05, 0) is 35.9 Å². The fourth-order valence-corrected chi connectivity index (χ4v) is 3.49. The zero-order valence-corrected chi connectivity index (χ0v) is 16.5. The third kappa shape index (κ3) is 4.68. The molecule has 29 heavy (non-hydrogen) atoms. The van der Waals surface area contributed by atoms with Crippen LogP contribution in [-0.4, -0.2) is 51.3 Å². The molecule has 2 aromatic carbocycles. The van der Waals surface area contributed by atoms with Crippen LogP contribution in [0.2, 0.25) is 5.02 Å². The van der Waals surface area contributed by atoms with Crippen molar-refractivity contribution < 1.29 is 18.7 Å². The molecule has 2 aliphatic rings. The molecule has 4 rings (SSSR count). The number of cyclic esters (lactones) is 1. The molecule has 0 N–H and O–H groups in total. The average molecular weight is 418 g/mol. The molecule has 8 heteroatoms. The number of carbonyl (C=O) groups excluding carboxylic acids is 1. The molecule has 2 saturated heterocycles. The number of amides is 1. The second-order valence-electron chi connectivity index (χ2n) is 6.88. The summed E-state index contributed by atoms with van der Waals surface area (Å²) in [6.07, 6.45) is 0.633. The highest BCUT2D eigenvalue weighted by atomic mass is 35.5. The van der Waals surface area contributed by atoms with Gasteiger partial charge in [0, 0.05) is 24.3 Å². The number of ether oxygens (including phenoxy) is 2. The second-order valence-corrected chi connectivity index (χ2v) is 7.32. The molecule has 1 amide bonds. The van der Waals surface area contributed by atoms with Crippen LogP contribution in [0.4, 0.5) is 20.6 Å². The quantitative estimate of drug-likeness (QED) is 0.692. The zero-order valence-electron chi connectivity index (χ0n) is 15.8. The van der Waals surface area contributed by atoms with Crippen molar-refractivity contribution in [3.63, 3.8) is 0 Å². The fourth-order valence-electron chi connectivity index (χ4n) is 3.36. The van der Waals surface area contributed by atoms with E-state index in [9.17, 15) is 9.18 Å². The minimum absolute atomic E-state index is 0.291. The van der Waals surface area contributed by atoms with Crippen molar-refractivity contribution in [2.45, 2.75) is 12.6 Å². The summed E-state index contributed by atoms with van der Waals surface area (Å²) in [5.74, 6) is -0.364. The molecule has 0 aromatic heterocycles. The Morgan fingerprint density at radius 1 is 1.17 bits per heavy atom. The molecule has 0 spiro atoms. The van der Waals surface area contributed by atoms with Gasteiger partial charge in [0.15, 0.2) is 6.10 Å². The van der Waals surface area contributed by atoms with Crippen LogP contribution in [-0.2, 0) is 16.0 Å². The molecular weight excluding hydrogens is 397 g/mol. The predicted molar refractivity (Wildman–Crippen MR) is 111 cm³/mol. The van der Waals surface area contributed by atoms with Gasteiger partial charge in [-0.2, -0.15) is 0 Å². The Morgan fingerprint density at radius 3 is 2.66 bits per heavy atom. The van der Waals surface area contributed by atoms with Crippen molar-refractivity contribution in [3.05, 3.63) is 58.9 Å². The van der Waals surface area contributed by atoms with Crippen LogP contribution in [0.25, 0.3) is 0 Å². The summed E-state index contributed by atoms with van der Waals surface area (Å²) < 4.78 is 25.3. The molecule has 0 bridgehead atoms. The van der Waals surface area contributed by atoms with Crippen molar-refractivity contribution in [2.75, 3.05) is 42.6 Å². The summed E-state index contributed by atoms with van der Waals surface area (Å²) in [5, 5.41) is 0.671. The molecule has 2 heterocycles. The lowest BCUT2D eigenvalue weighted by molar-refractivity contribution is 0.122. The Labute approximate surface area is 173 Å². The molecule has 0 radical (unpaired) electrons. The number of rotatable bonds is 5. The van der Waals surface area contributed by atoms with E-state index in [4.69, 9.17) is 21.1 Å². The van der Waals surface area contributed by atoms with E-state index in [-0.39, 0.29) is 5.82 Å². The van der Waals surface area contributed by atoms with E-state index in [1.165, 1.54) is 11.0 Å². The SMILES string of the molecule is O=C1OC(/C=N/Cc2ccc(Cl)cc2)CN1c1ccc(N2CCOCC2)c(F)c1. The monoisotopic (exact) mass is 417 g/mol. The largest absolute Gasteiger partial charge is 0.438 e. The third-order valence-corrected chi connectivity index (χ3v) is 5.14. The topological polar surface area (TPSA) is 54.4 Å². The van der Waals surface area contributed by atoms with Crippen LogP contribution in [0.15, 0.2) is 47.5 Å². The average Bonchev–Trinajstić information content (AvgIpc) is 3.10. The van der Waals surface area contributed by atoms with Gasteiger partial charge in [-0.25, -0.2) is 9.18 Å². The number of morpholine rings is 1. The highest BCUT2D eigenvalue weighted by Gasteiger charge is 2.32. The number of nitrogens with zero attached hydrogens (tertiary/aromatic N) is 3. The summed E-state index contributed by atoms with van der Waals surface area (Å²) >= 11 is 5.87. The Bertz CT molecular complexity index is 901. The molecular formula is C21H21ClFN3O3. The highest BCUT2D eigenvalue weighted by Crippen LogP contribution is 2.28. The first-order valence-electron chi connectivity index (χ1n) is 9.45. The van der Waals surface area contributed by atoms with Crippen LogP contribution < -0.4 is 9.80 Å². The third-order valence-electron chi connectivity index (χ3n) is 4.89. The van der Waals surface area contributed by atoms with Crippen LogP contribution in [0.3, 0.4) is 0 Å². The Kier molecular flexibility index (Phi) is 5.97. The van der Waals surface area contributed by atoms with Crippen molar-refractivity contribution in [1.82, 2.24) is 0 Å². The number of carbonyl (C=O) groups is 1. The lowest BCUT2D eigenvalue weighted by Gasteiger charge is -2.29. The molecule has 2 aliphatic heterocycles. The van der Waals surface area contributed by atoms with Gasteiger partial charge >= 0.3 is 6.09 Å². The molecule has 152 valence electrons. The molecule has 0 saturated carbocycles. The van der Waals surface area contributed by atoms with E-state index in [2.05, 4.69) is 4.99 Å². The maximum absolute atomic E-state index is 14.6. The normalized spacial score (nSPS) is 19.8. The van der Waals surface area contributed by atoms with Gasteiger partial charge in [0.25, 0.3) is 0 Å². The maximum Gasteiger partial charge on any atom is 0.415 e. The van der Waals surface area contributed by atoms with Gasteiger partial charge in [-0.15, -0.1) is 0 Å². The van der Waals surface area contributed by atoms with Crippen molar-refractivity contribution in [3.8, 4) is 0 Å². The number of hydrogen-bond donors (Lipinski definition) is 0. The van der Waals surface area contributed by atoms with Crippen molar-refractivity contribution in [1.29, 1.82) is 0 Å². The minimum Gasteiger partial charge on any atom is -0.438 e. The molecule has 1 unspecified atom stereocenters. The summed E-state index contributed by atoms with van der Waals surface area (Å²) in [6, 6.07) is 12.2. The fraction of sp³-hybridized carbons (Fsp3) is 0.333. The van der Waals surface area contributed by atoms with Crippen molar-refractivity contribution >= 4 is 35.3 Å². The number of anilines is 2. The molecule has 6 nitrogen and oxygen atoms in total. The van der Waals surface area contributed by atoms with Gasteiger partial charge in [0.05, 0.1) is 37.7 Å². The first-order valence-corrected chi connectivity index (χ1v) is 9.83. The Hall–Kier alpha value is -2.64. The standard InChI is InChI=1S/C21H21ClFN3O3/c22-16-3-1-15(2-4-16)12-24-13-18-14-26(21(27)29-18)17-5-6-20(19(23)11-17)25-7-9-28-10-8-25/h1-6,11,13,18H,7-10,12,14H2/b24-13+. The van der Waals surface area contributed by atoms with Gasteiger partial charge in [0.2, 0.25) is 0 Å². The molecule has 0 aliphatic carbocycles. The summed E-state index contributed by atoms with van der Waals surface area (Å²) in [4.78, 5) is 19.9. The van der Waals surface area contributed by atoms with Crippen LogP contribution in [0.1, 0.15) is 5.56 Å². The van der Waals surface area contributed by atoms with Gasteiger partial charge < -0.3 is 14.4 Å². The van der Waals surface area contributed by atoms with E-state index in [0.29, 0.717) is 55.8 Å². The second kappa shape index (κ2) is 8.80. The van der Waals surface area contributed by atoms with Gasteiger partial charge in [-0.1, -0.05) is 23.7 Å². The van der Waals surface area contributed by atoms with E-state index >= 15 is 0 Å². The van der Waals surface area contributed by atoms with Gasteiger partial charge in [0.1, 0.15) is 5.82 Å². The summed E-state index contributed by atoms with van der Waals surface area (Å²) in [7, 11) is 0. The first kappa shape index (κ1) is 19.7. The molecule has 2 aromatic rings. The first-order chi connectivity index (χ1) is 14.1. The molecule has 1 atom stereocenters. The van der Waals surface area contributed by atoms with E-state index in [0.717, 1.165) is 5.56 Å². The van der Waals surface area contributed by atoms with Crippen LogP contribution in [0, 0.1) is 5.82 Å². The van der Waals surface area contributed by atoms with E-state index < -0.39 is 12.2 Å². The van der Waals surface area contributed by atoms with E-state index in [1.54, 1.807) is 30.5 Å². The molecule has 2 fully saturated rings. The number of hydrogen-bond acceptors (Lipinski definition) is 5. The van der Waals surface area contributed by atoms with E-state index in [1.807, 2.05) is 17.0 Å². The highest BCUT2D eigenvalue weighted by molar-refractivity contribution is 6.30. The number of halogens is 2. The van der Waals surface area contributed by atoms with Gasteiger partial charge in [-0.3, -0.25) is 9.89 Å². The Morgan fingerprint density at radius 2 is 1.93 bits per heavy atom. The predicted octanol–water partition coefficient (Wildman–Crippen LogP) is 3.91.